The number of aliphatic hydroxyl groups is 1. The number of hydrogen-bond acceptors (Lipinski definition) is 8. The summed E-state index contributed by atoms with van der Waals surface area (Å²) >= 11 is 0. The molecular formula is C21H30N6O8. The van der Waals surface area contributed by atoms with Gasteiger partial charge in [-0.15, -0.1) is 0 Å². The van der Waals surface area contributed by atoms with Gasteiger partial charge >= 0.3 is 5.97 Å². The van der Waals surface area contributed by atoms with Gasteiger partial charge in [0.15, 0.2) is 0 Å². The van der Waals surface area contributed by atoms with E-state index in [-0.39, 0.29) is 19.3 Å². The second kappa shape index (κ2) is 14.3. The van der Waals surface area contributed by atoms with E-state index in [9.17, 15) is 28.8 Å². The minimum atomic E-state index is -1.65. The van der Waals surface area contributed by atoms with Crippen LogP contribution < -0.4 is 33.2 Å². The van der Waals surface area contributed by atoms with Crippen molar-refractivity contribution in [3.8, 4) is 0 Å². The van der Waals surface area contributed by atoms with Crippen LogP contribution in [0.25, 0.3) is 0 Å². The summed E-state index contributed by atoms with van der Waals surface area (Å²) in [6, 6.07) is 2.86. The third-order valence-corrected chi connectivity index (χ3v) is 4.78. The van der Waals surface area contributed by atoms with Crippen LogP contribution >= 0.6 is 0 Å². The van der Waals surface area contributed by atoms with Crippen LogP contribution in [0.2, 0.25) is 0 Å². The summed E-state index contributed by atoms with van der Waals surface area (Å²) in [5, 5.41) is 25.0. The molecular weight excluding hydrogens is 464 g/mol. The van der Waals surface area contributed by atoms with Gasteiger partial charge in [0.2, 0.25) is 29.5 Å². The zero-order valence-corrected chi connectivity index (χ0v) is 18.8. The Bertz CT molecular complexity index is 926. The molecule has 14 heteroatoms. The Morgan fingerprint density at radius 2 is 1.34 bits per heavy atom. The number of carbonyl (C=O) groups excluding carboxylic acids is 5. The molecule has 4 atom stereocenters. The molecule has 0 bridgehead atoms. The van der Waals surface area contributed by atoms with E-state index < -0.39 is 72.7 Å². The number of aliphatic carboxylic acids is 1. The molecule has 1 aromatic rings. The van der Waals surface area contributed by atoms with Gasteiger partial charge in [0, 0.05) is 12.8 Å². The number of primary amides is 2. The molecule has 1 rings (SSSR count). The van der Waals surface area contributed by atoms with Crippen LogP contribution in [0, 0.1) is 0 Å². The largest absolute Gasteiger partial charge is 0.480 e. The van der Waals surface area contributed by atoms with E-state index in [1.165, 1.54) is 0 Å². The highest BCUT2D eigenvalue weighted by atomic mass is 16.4. The first kappa shape index (κ1) is 29.0. The molecule has 1 aromatic carbocycles. The number of benzene rings is 1. The molecule has 35 heavy (non-hydrogen) atoms. The van der Waals surface area contributed by atoms with Gasteiger partial charge in [-0.05, 0) is 12.0 Å². The highest BCUT2D eigenvalue weighted by Gasteiger charge is 2.30. The first-order valence-corrected chi connectivity index (χ1v) is 10.6. The Morgan fingerprint density at radius 1 is 0.800 bits per heavy atom. The highest BCUT2D eigenvalue weighted by molar-refractivity contribution is 5.95. The second-order valence-electron chi connectivity index (χ2n) is 7.68. The monoisotopic (exact) mass is 494 g/mol. The molecule has 0 heterocycles. The van der Waals surface area contributed by atoms with E-state index in [0.717, 1.165) is 0 Å². The molecule has 0 saturated carbocycles. The van der Waals surface area contributed by atoms with E-state index in [2.05, 4.69) is 16.0 Å². The van der Waals surface area contributed by atoms with Gasteiger partial charge in [0.25, 0.3) is 0 Å². The smallest absolute Gasteiger partial charge is 0.328 e. The first-order chi connectivity index (χ1) is 16.4. The van der Waals surface area contributed by atoms with E-state index in [4.69, 9.17) is 27.4 Å². The van der Waals surface area contributed by atoms with Crippen LogP contribution in [0.5, 0.6) is 0 Å². The van der Waals surface area contributed by atoms with Gasteiger partial charge in [-0.1, -0.05) is 30.3 Å². The Kier molecular flexibility index (Phi) is 11.8. The predicted octanol–water partition coefficient (Wildman–Crippen LogP) is -3.77. The zero-order chi connectivity index (χ0) is 26.5. The molecule has 14 nitrogen and oxygen atoms in total. The Hall–Kier alpha value is -4.04. The molecule has 0 saturated heterocycles. The SMILES string of the molecule is NC(=O)CCC(NC(=O)C(Cc1ccccc1)NC(=O)C(N)CC(N)=O)C(=O)NC(CO)C(=O)O. The second-order valence-corrected chi connectivity index (χ2v) is 7.68. The average Bonchev–Trinajstić information content (AvgIpc) is 2.79. The summed E-state index contributed by atoms with van der Waals surface area (Å²) < 4.78 is 0. The van der Waals surface area contributed by atoms with Crippen molar-refractivity contribution in [2.75, 3.05) is 6.61 Å². The van der Waals surface area contributed by atoms with Crippen molar-refractivity contribution in [2.24, 2.45) is 17.2 Å². The van der Waals surface area contributed by atoms with E-state index in [1.54, 1.807) is 30.3 Å². The molecule has 0 aromatic heterocycles. The van der Waals surface area contributed by atoms with Crippen molar-refractivity contribution in [2.45, 2.75) is 49.9 Å². The lowest BCUT2D eigenvalue weighted by Gasteiger charge is -2.25. The molecule has 4 unspecified atom stereocenters. The third kappa shape index (κ3) is 10.6. The minimum Gasteiger partial charge on any atom is -0.480 e. The van der Waals surface area contributed by atoms with Gasteiger partial charge in [0.1, 0.15) is 18.1 Å². The summed E-state index contributed by atoms with van der Waals surface area (Å²) in [5.74, 6) is -5.80. The maximum atomic E-state index is 13.1. The number of rotatable bonds is 15. The summed E-state index contributed by atoms with van der Waals surface area (Å²) in [7, 11) is 0. The summed E-state index contributed by atoms with van der Waals surface area (Å²) in [6.07, 6.45) is -1.10. The summed E-state index contributed by atoms with van der Waals surface area (Å²) in [5.41, 5.74) is 16.5. The quantitative estimate of drug-likeness (QED) is 0.119. The topological polar surface area (TPSA) is 257 Å². The zero-order valence-electron chi connectivity index (χ0n) is 18.8. The molecule has 5 amide bonds. The van der Waals surface area contributed by atoms with Crippen molar-refractivity contribution in [3.05, 3.63) is 35.9 Å². The van der Waals surface area contributed by atoms with Crippen LogP contribution in [-0.4, -0.2) is 76.5 Å². The van der Waals surface area contributed by atoms with Crippen molar-refractivity contribution in [1.29, 1.82) is 0 Å². The van der Waals surface area contributed by atoms with Crippen molar-refractivity contribution in [3.63, 3.8) is 0 Å². The van der Waals surface area contributed by atoms with Gasteiger partial charge in [-0.2, -0.15) is 0 Å². The predicted molar refractivity (Wildman–Crippen MR) is 121 cm³/mol. The van der Waals surface area contributed by atoms with E-state index in [0.29, 0.717) is 5.56 Å². The summed E-state index contributed by atoms with van der Waals surface area (Å²) in [4.78, 5) is 71.5. The number of carbonyl (C=O) groups is 6. The van der Waals surface area contributed by atoms with Gasteiger partial charge in [0.05, 0.1) is 19.1 Å². The van der Waals surface area contributed by atoms with Crippen molar-refractivity contribution >= 4 is 35.5 Å². The van der Waals surface area contributed by atoms with Crippen molar-refractivity contribution in [1.82, 2.24) is 16.0 Å². The number of nitrogens with one attached hydrogen (secondary N) is 3. The lowest BCUT2D eigenvalue weighted by molar-refractivity contribution is -0.143. The molecule has 11 N–H and O–H groups in total. The van der Waals surface area contributed by atoms with Crippen LogP contribution in [-0.2, 0) is 35.2 Å². The standard InChI is InChI=1S/C21H30N6O8/c22-12(9-17(24)30)18(31)26-14(8-11-4-2-1-3-5-11)20(33)25-13(6-7-16(23)29)19(32)27-15(10-28)21(34)35/h1-5,12-15,28H,6-10,22H2,(H2,23,29)(H2,24,30)(H,25,33)(H,26,31)(H,27,32)(H,34,35). The Morgan fingerprint density at radius 3 is 1.86 bits per heavy atom. The van der Waals surface area contributed by atoms with E-state index >= 15 is 0 Å². The molecule has 0 aliphatic rings. The average molecular weight is 495 g/mol. The maximum Gasteiger partial charge on any atom is 0.328 e. The first-order valence-electron chi connectivity index (χ1n) is 10.6. The lowest BCUT2D eigenvalue weighted by atomic mass is 10.0. The van der Waals surface area contributed by atoms with Crippen LogP contribution in [0.4, 0.5) is 0 Å². The Balaban J connectivity index is 3.10. The fraction of sp³-hybridized carbons (Fsp3) is 0.429. The van der Waals surface area contributed by atoms with Gasteiger partial charge in [-0.3, -0.25) is 24.0 Å². The maximum absolute atomic E-state index is 13.1. The number of aliphatic hydroxyl groups excluding tert-OH is 1. The molecule has 0 radical (unpaired) electrons. The van der Waals surface area contributed by atoms with Gasteiger partial charge in [-0.25, -0.2) is 4.79 Å². The number of amides is 5. The van der Waals surface area contributed by atoms with Gasteiger partial charge < -0.3 is 43.4 Å². The normalized spacial score (nSPS) is 14.0. The van der Waals surface area contributed by atoms with Crippen LogP contribution in [0.3, 0.4) is 0 Å². The number of nitrogens with two attached hydrogens (primary N) is 3. The Labute approximate surface area is 200 Å². The summed E-state index contributed by atoms with van der Waals surface area (Å²) in [6.45, 7) is -0.915. The third-order valence-electron chi connectivity index (χ3n) is 4.78. The highest BCUT2D eigenvalue weighted by Crippen LogP contribution is 2.06. The number of carboxylic acid groups (broad SMARTS) is 1. The fourth-order valence-electron chi connectivity index (χ4n) is 2.93. The molecule has 192 valence electrons. The number of carboxylic acids is 1. The molecule has 0 aliphatic heterocycles. The number of hydrogen-bond donors (Lipinski definition) is 8. The van der Waals surface area contributed by atoms with Crippen LogP contribution in [0.1, 0.15) is 24.8 Å². The van der Waals surface area contributed by atoms with E-state index in [1.807, 2.05) is 0 Å². The fourth-order valence-corrected chi connectivity index (χ4v) is 2.93. The molecule has 0 aliphatic carbocycles. The minimum absolute atomic E-state index is 0.0275. The lowest BCUT2D eigenvalue weighted by Crippen LogP contribution is -2.58. The molecule has 0 spiro atoms. The van der Waals surface area contributed by atoms with Crippen molar-refractivity contribution < 1.29 is 39.0 Å². The van der Waals surface area contributed by atoms with Crippen LogP contribution in [0.15, 0.2) is 30.3 Å². The molecule has 0 fully saturated rings.